The average Bonchev–Trinajstić information content (AvgIpc) is 2.77. The van der Waals surface area contributed by atoms with Crippen LogP contribution in [0, 0.1) is 6.92 Å². The van der Waals surface area contributed by atoms with Gasteiger partial charge in [0.05, 0.1) is 12.0 Å². The van der Waals surface area contributed by atoms with E-state index in [-0.39, 0.29) is 11.5 Å². The molecule has 0 radical (unpaired) electrons. The fourth-order valence-electron chi connectivity index (χ4n) is 2.11. The van der Waals surface area contributed by atoms with Gasteiger partial charge >= 0.3 is 0 Å². The van der Waals surface area contributed by atoms with Crippen molar-refractivity contribution in [3.63, 3.8) is 0 Å². The molecule has 0 saturated heterocycles. The minimum atomic E-state index is -0.202. The number of hydrogen-bond donors (Lipinski definition) is 1. The molecule has 6 heteroatoms. The highest BCUT2D eigenvalue weighted by Crippen LogP contribution is 2.08. The van der Waals surface area contributed by atoms with Crippen LogP contribution in [-0.2, 0) is 6.54 Å². The van der Waals surface area contributed by atoms with Gasteiger partial charge in [0.15, 0.2) is 0 Å². The lowest BCUT2D eigenvalue weighted by atomic mass is 10.2. The van der Waals surface area contributed by atoms with Crippen molar-refractivity contribution in [3.05, 3.63) is 46.4 Å². The molecule has 1 N–H and O–H groups in total. The first kappa shape index (κ1) is 10.8. The number of aromatic nitrogens is 3. The van der Waals surface area contributed by atoms with Gasteiger partial charge in [-0.25, -0.2) is 4.98 Å². The van der Waals surface area contributed by atoms with Crippen LogP contribution in [0.3, 0.4) is 0 Å². The molecule has 0 spiro atoms. The van der Waals surface area contributed by atoms with Crippen molar-refractivity contribution in [1.82, 2.24) is 19.4 Å². The molecule has 1 amide bonds. The summed E-state index contributed by atoms with van der Waals surface area (Å²) in [4.78, 5) is 28.0. The van der Waals surface area contributed by atoms with E-state index in [4.69, 9.17) is 0 Å². The Kier molecular flexibility index (Phi) is 2.29. The smallest absolute Gasteiger partial charge is 0.275 e. The predicted molar refractivity (Wildman–Crippen MR) is 64.9 cm³/mol. The Morgan fingerprint density at radius 2 is 2.17 bits per heavy atom. The van der Waals surface area contributed by atoms with Gasteiger partial charge in [-0.1, -0.05) is 0 Å². The molecule has 6 nitrogen and oxygen atoms in total. The quantitative estimate of drug-likeness (QED) is 0.772. The van der Waals surface area contributed by atoms with Crippen LogP contribution in [-0.4, -0.2) is 26.6 Å². The van der Waals surface area contributed by atoms with Crippen LogP contribution in [0.2, 0.25) is 0 Å². The molecule has 0 fully saturated rings. The van der Waals surface area contributed by atoms with Crippen LogP contribution in [0.5, 0.6) is 0 Å². The summed E-state index contributed by atoms with van der Waals surface area (Å²) >= 11 is 0. The van der Waals surface area contributed by atoms with Crippen molar-refractivity contribution in [3.8, 4) is 5.69 Å². The Hall–Kier alpha value is -2.37. The van der Waals surface area contributed by atoms with E-state index in [1.54, 1.807) is 29.2 Å². The molecule has 0 unspecified atom stereocenters. The molecule has 0 atom stereocenters. The van der Waals surface area contributed by atoms with Crippen LogP contribution in [0.1, 0.15) is 16.2 Å². The standard InChI is InChI=1S/C12H12N4O2/c1-8-6-15(7-14-8)10-3-2-9-11(17)13-4-5-16(9)12(10)18/h2-3,6-7H,4-5H2,1H3,(H,13,17). The van der Waals surface area contributed by atoms with Crippen LogP contribution >= 0.6 is 0 Å². The van der Waals surface area contributed by atoms with Crippen LogP contribution in [0.15, 0.2) is 29.5 Å². The summed E-state index contributed by atoms with van der Waals surface area (Å²) in [7, 11) is 0. The summed E-state index contributed by atoms with van der Waals surface area (Å²) in [6.45, 7) is 2.85. The van der Waals surface area contributed by atoms with E-state index in [0.29, 0.717) is 24.5 Å². The highest BCUT2D eigenvalue weighted by molar-refractivity contribution is 5.93. The number of nitrogens with zero attached hydrogens (tertiary/aromatic N) is 3. The highest BCUT2D eigenvalue weighted by Gasteiger charge is 2.19. The largest absolute Gasteiger partial charge is 0.349 e. The molecule has 18 heavy (non-hydrogen) atoms. The van der Waals surface area contributed by atoms with E-state index in [9.17, 15) is 9.59 Å². The van der Waals surface area contributed by atoms with Crippen molar-refractivity contribution in [2.45, 2.75) is 13.5 Å². The monoisotopic (exact) mass is 244 g/mol. The first-order valence-corrected chi connectivity index (χ1v) is 5.70. The Bertz CT molecular complexity index is 684. The average molecular weight is 244 g/mol. The second-order valence-corrected chi connectivity index (χ2v) is 4.24. The van der Waals surface area contributed by atoms with E-state index in [2.05, 4.69) is 10.3 Å². The number of aryl methyl sites for hydroxylation is 1. The summed E-state index contributed by atoms with van der Waals surface area (Å²) < 4.78 is 3.18. The van der Waals surface area contributed by atoms with Gasteiger partial charge in [-0.3, -0.25) is 9.59 Å². The van der Waals surface area contributed by atoms with E-state index in [1.165, 1.54) is 4.57 Å². The molecule has 0 aliphatic carbocycles. The van der Waals surface area contributed by atoms with Crippen molar-refractivity contribution in [2.75, 3.05) is 6.54 Å². The Morgan fingerprint density at radius 1 is 1.33 bits per heavy atom. The van der Waals surface area contributed by atoms with E-state index >= 15 is 0 Å². The van der Waals surface area contributed by atoms with Crippen molar-refractivity contribution in [2.24, 2.45) is 0 Å². The molecule has 0 saturated carbocycles. The third kappa shape index (κ3) is 1.54. The van der Waals surface area contributed by atoms with Gasteiger partial charge in [-0.2, -0.15) is 0 Å². The summed E-state index contributed by atoms with van der Waals surface area (Å²) in [6, 6.07) is 3.32. The maximum atomic E-state index is 12.3. The van der Waals surface area contributed by atoms with Gasteiger partial charge in [0.1, 0.15) is 11.4 Å². The first-order chi connectivity index (χ1) is 8.66. The molecular weight excluding hydrogens is 232 g/mol. The lowest BCUT2D eigenvalue weighted by molar-refractivity contribution is 0.0925. The third-order valence-electron chi connectivity index (χ3n) is 3.00. The van der Waals surface area contributed by atoms with E-state index in [1.807, 2.05) is 6.92 Å². The molecule has 92 valence electrons. The van der Waals surface area contributed by atoms with Crippen LogP contribution < -0.4 is 10.9 Å². The number of nitrogens with one attached hydrogen (secondary N) is 1. The lowest BCUT2D eigenvalue weighted by Gasteiger charge is -2.19. The first-order valence-electron chi connectivity index (χ1n) is 5.70. The molecular formula is C12H12N4O2. The number of carbonyl (C=O) groups excluding carboxylic acids is 1. The Balaban J connectivity index is 2.19. The fourth-order valence-corrected chi connectivity index (χ4v) is 2.11. The topological polar surface area (TPSA) is 68.9 Å². The maximum Gasteiger partial charge on any atom is 0.275 e. The zero-order valence-electron chi connectivity index (χ0n) is 9.88. The number of rotatable bonds is 1. The summed E-state index contributed by atoms with van der Waals surface area (Å²) in [5.41, 5.74) is 1.59. The highest BCUT2D eigenvalue weighted by atomic mass is 16.2. The van der Waals surface area contributed by atoms with Gasteiger partial charge in [0.25, 0.3) is 11.5 Å². The summed E-state index contributed by atoms with van der Waals surface area (Å²) in [5, 5.41) is 2.71. The van der Waals surface area contributed by atoms with Gasteiger partial charge < -0.3 is 14.5 Å². The zero-order chi connectivity index (χ0) is 12.7. The summed E-state index contributed by atoms with van der Waals surface area (Å²) in [5.74, 6) is -0.202. The van der Waals surface area contributed by atoms with Crippen LogP contribution in [0.4, 0.5) is 0 Å². The number of amides is 1. The van der Waals surface area contributed by atoms with E-state index < -0.39 is 0 Å². The van der Waals surface area contributed by atoms with Crippen molar-refractivity contribution < 1.29 is 4.79 Å². The zero-order valence-corrected chi connectivity index (χ0v) is 9.88. The van der Waals surface area contributed by atoms with Gasteiger partial charge in [0, 0.05) is 19.3 Å². The lowest BCUT2D eigenvalue weighted by Crippen LogP contribution is -2.41. The van der Waals surface area contributed by atoms with Crippen molar-refractivity contribution in [1.29, 1.82) is 0 Å². The third-order valence-corrected chi connectivity index (χ3v) is 3.00. The molecule has 3 rings (SSSR count). The minimum Gasteiger partial charge on any atom is -0.349 e. The van der Waals surface area contributed by atoms with Crippen molar-refractivity contribution >= 4 is 5.91 Å². The normalized spacial score (nSPS) is 14.2. The molecule has 1 aliphatic heterocycles. The SMILES string of the molecule is Cc1cn(-c2ccc3n(c2=O)CCNC3=O)cn1. The number of imidazole rings is 1. The number of pyridine rings is 1. The Morgan fingerprint density at radius 3 is 2.89 bits per heavy atom. The Labute approximate surface area is 103 Å². The van der Waals surface area contributed by atoms with Gasteiger partial charge in [-0.15, -0.1) is 0 Å². The molecule has 2 aromatic heterocycles. The van der Waals surface area contributed by atoms with E-state index in [0.717, 1.165) is 5.69 Å². The molecule has 1 aliphatic rings. The molecule has 0 bridgehead atoms. The number of carbonyl (C=O) groups is 1. The van der Waals surface area contributed by atoms with Gasteiger partial charge in [-0.05, 0) is 19.1 Å². The summed E-state index contributed by atoms with van der Waals surface area (Å²) in [6.07, 6.45) is 3.38. The molecule has 3 heterocycles. The maximum absolute atomic E-state index is 12.3. The number of fused-ring (bicyclic) bond motifs is 1. The van der Waals surface area contributed by atoms with Crippen LogP contribution in [0.25, 0.3) is 5.69 Å². The van der Waals surface area contributed by atoms with Gasteiger partial charge in [0.2, 0.25) is 0 Å². The molecule has 2 aromatic rings. The minimum absolute atomic E-state index is 0.167. The second-order valence-electron chi connectivity index (χ2n) is 4.24. The second kappa shape index (κ2) is 3.83. The fraction of sp³-hybridized carbons (Fsp3) is 0.250. The predicted octanol–water partition coefficient (Wildman–Crippen LogP) is 0.0858. The molecule has 0 aromatic carbocycles. The number of hydrogen-bond acceptors (Lipinski definition) is 3.